The number of carbonyl (C=O) groups excluding carboxylic acids is 1. The lowest BCUT2D eigenvalue weighted by Gasteiger charge is -2.18. The standard InChI is InChI=1S/C12H13FN4O3/c13-10-6-11(15-16-14)17(7-10)12(18)20-19-8-9-4-2-1-3-5-9/h1-5,10-11H,6-8H2. The lowest BCUT2D eigenvalue weighted by atomic mass is 10.2. The Morgan fingerprint density at radius 1 is 1.50 bits per heavy atom. The quantitative estimate of drug-likeness (QED) is 0.279. The molecule has 0 bridgehead atoms. The summed E-state index contributed by atoms with van der Waals surface area (Å²) in [5.74, 6) is 0. The predicted molar refractivity (Wildman–Crippen MR) is 66.9 cm³/mol. The zero-order valence-corrected chi connectivity index (χ0v) is 10.6. The molecule has 0 saturated carbocycles. The van der Waals surface area contributed by atoms with Crippen molar-refractivity contribution in [3.05, 3.63) is 46.3 Å². The van der Waals surface area contributed by atoms with E-state index in [-0.39, 0.29) is 19.6 Å². The van der Waals surface area contributed by atoms with Crippen LogP contribution < -0.4 is 0 Å². The monoisotopic (exact) mass is 280 g/mol. The molecule has 1 aromatic carbocycles. The number of alkyl halides is 1. The average Bonchev–Trinajstić information content (AvgIpc) is 2.81. The largest absolute Gasteiger partial charge is 0.441 e. The molecule has 1 aliphatic rings. The third kappa shape index (κ3) is 3.59. The van der Waals surface area contributed by atoms with E-state index in [1.165, 1.54) is 0 Å². The van der Waals surface area contributed by atoms with Crippen molar-refractivity contribution in [2.45, 2.75) is 25.4 Å². The van der Waals surface area contributed by atoms with Gasteiger partial charge in [0, 0.05) is 11.3 Å². The first-order valence-corrected chi connectivity index (χ1v) is 6.03. The van der Waals surface area contributed by atoms with Crippen LogP contribution in [0.5, 0.6) is 0 Å². The molecule has 1 aromatic rings. The van der Waals surface area contributed by atoms with E-state index in [1.54, 1.807) is 0 Å². The summed E-state index contributed by atoms with van der Waals surface area (Å²) in [6, 6.07) is 9.12. The number of halogens is 1. The van der Waals surface area contributed by atoms with Gasteiger partial charge in [0.1, 0.15) is 18.9 Å². The number of carbonyl (C=O) groups is 1. The minimum atomic E-state index is -1.23. The molecule has 2 atom stereocenters. The first kappa shape index (κ1) is 14.1. The number of benzene rings is 1. The summed E-state index contributed by atoms with van der Waals surface area (Å²) in [5.41, 5.74) is 9.19. The van der Waals surface area contributed by atoms with Gasteiger partial charge in [-0.3, -0.25) is 9.79 Å². The van der Waals surface area contributed by atoms with Crippen LogP contribution in [0.1, 0.15) is 12.0 Å². The van der Waals surface area contributed by atoms with E-state index >= 15 is 0 Å². The maximum atomic E-state index is 13.2. The van der Waals surface area contributed by atoms with Crippen LogP contribution in [0.2, 0.25) is 0 Å². The summed E-state index contributed by atoms with van der Waals surface area (Å²) < 4.78 is 13.2. The highest BCUT2D eigenvalue weighted by Crippen LogP contribution is 2.22. The van der Waals surface area contributed by atoms with E-state index in [0.29, 0.717) is 0 Å². The Morgan fingerprint density at radius 2 is 2.25 bits per heavy atom. The SMILES string of the molecule is [N-]=[N+]=NC1CC(F)CN1C(=O)OOCc1ccccc1. The van der Waals surface area contributed by atoms with Crippen LogP contribution >= 0.6 is 0 Å². The molecule has 8 heteroatoms. The molecule has 0 radical (unpaired) electrons. The fraction of sp³-hybridized carbons (Fsp3) is 0.417. The summed E-state index contributed by atoms with van der Waals surface area (Å²) in [6.45, 7) is -0.0805. The topological polar surface area (TPSA) is 87.5 Å². The van der Waals surface area contributed by atoms with Gasteiger partial charge in [-0.25, -0.2) is 9.18 Å². The first-order valence-electron chi connectivity index (χ1n) is 6.03. The van der Waals surface area contributed by atoms with Gasteiger partial charge in [-0.1, -0.05) is 35.4 Å². The summed E-state index contributed by atoms with van der Waals surface area (Å²) in [4.78, 5) is 24.7. The van der Waals surface area contributed by atoms with Gasteiger partial charge in [0.2, 0.25) is 0 Å². The van der Waals surface area contributed by atoms with Crippen LogP contribution in [0.4, 0.5) is 9.18 Å². The molecule has 2 rings (SSSR count). The molecule has 0 N–H and O–H groups in total. The van der Waals surface area contributed by atoms with Gasteiger partial charge < -0.3 is 0 Å². The number of rotatable bonds is 4. The van der Waals surface area contributed by atoms with Crippen LogP contribution in [0.25, 0.3) is 10.4 Å². The molecule has 0 spiro atoms. The van der Waals surface area contributed by atoms with Gasteiger partial charge in [0.05, 0.1) is 6.54 Å². The first-order chi connectivity index (χ1) is 9.70. The number of likely N-dealkylation sites (tertiary alicyclic amines) is 1. The van der Waals surface area contributed by atoms with E-state index in [1.807, 2.05) is 30.3 Å². The van der Waals surface area contributed by atoms with Crippen molar-refractivity contribution in [3.63, 3.8) is 0 Å². The van der Waals surface area contributed by atoms with E-state index in [0.717, 1.165) is 10.5 Å². The molecule has 20 heavy (non-hydrogen) atoms. The average molecular weight is 280 g/mol. The Balaban J connectivity index is 1.83. The van der Waals surface area contributed by atoms with Gasteiger partial charge in [-0.15, -0.1) is 0 Å². The summed E-state index contributed by atoms with van der Waals surface area (Å²) in [5, 5.41) is 3.35. The van der Waals surface area contributed by atoms with Crippen molar-refractivity contribution in [2.24, 2.45) is 5.11 Å². The van der Waals surface area contributed by atoms with Crippen LogP contribution in [0, 0.1) is 0 Å². The number of nitrogens with zero attached hydrogens (tertiary/aromatic N) is 4. The van der Waals surface area contributed by atoms with Gasteiger partial charge in [-0.2, -0.15) is 4.89 Å². The molecule has 0 aromatic heterocycles. The fourth-order valence-electron chi connectivity index (χ4n) is 1.90. The Morgan fingerprint density at radius 3 is 2.95 bits per heavy atom. The van der Waals surface area contributed by atoms with E-state index < -0.39 is 18.4 Å². The second-order valence-corrected chi connectivity index (χ2v) is 4.27. The van der Waals surface area contributed by atoms with Gasteiger partial charge in [0.25, 0.3) is 0 Å². The van der Waals surface area contributed by atoms with Gasteiger partial charge >= 0.3 is 6.09 Å². The molecule has 0 aliphatic carbocycles. The lowest BCUT2D eigenvalue weighted by molar-refractivity contribution is -0.256. The molecule has 1 aliphatic heterocycles. The van der Waals surface area contributed by atoms with Crippen molar-refractivity contribution in [2.75, 3.05) is 6.54 Å². The second-order valence-electron chi connectivity index (χ2n) is 4.27. The number of hydrogen-bond donors (Lipinski definition) is 0. The highest BCUT2D eigenvalue weighted by Gasteiger charge is 2.36. The molecule has 1 saturated heterocycles. The van der Waals surface area contributed by atoms with Crippen molar-refractivity contribution >= 4 is 6.09 Å². The van der Waals surface area contributed by atoms with Gasteiger partial charge in [-0.05, 0) is 11.1 Å². The van der Waals surface area contributed by atoms with Crippen molar-refractivity contribution in [3.8, 4) is 0 Å². The van der Waals surface area contributed by atoms with E-state index in [9.17, 15) is 9.18 Å². The molecular formula is C12H13FN4O3. The summed E-state index contributed by atoms with van der Waals surface area (Å²) in [6.07, 6.45) is -2.99. The maximum absolute atomic E-state index is 13.2. The molecule has 106 valence electrons. The minimum absolute atomic E-state index is 0.0299. The molecule has 1 heterocycles. The Bertz CT molecular complexity index is 507. The molecule has 1 fully saturated rings. The van der Waals surface area contributed by atoms with Crippen LogP contribution in [0.3, 0.4) is 0 Å². The van der Waals surface area contributed by atoms with Gasteiger partial charge in [0.15, 0.2) is 0 Å². The third-order valence-electron chi connectivity index (χ3n) is 2.84. The second kappa shape index (κ2) is 6.74. The van der Waals surface area contributed by atoms with E-state index in [4.69, 9.17) is 10.4 Å². The Labute approximate surface area is 114 Å². The van der Waals surface area contributed by atoms with E-state index in [2.05, 4.69) is 14.9 Å². The lowest BCUT2D eigenvalue weighted by Crippen LogP contribution is -2.35. The fourth-order valence-corrected chi connectivity index (χ4v) is 1.90. The predicted octanol–water partition coefficient (Wildman–Crippen LogP) is 2.94. The van der Waals surface area contributed by atoms with Crippen molar-refractivity contribution < 1.29 is 19.0 Å². The minimum Gasteiger partial charge on any atom is -0.294 e. The highest BCUT2D eigenvalue weighted by atomic mass is 19.1. The molecule has 2 unspecified atom stereocenters. The van der Waals surface area contributed by atoms with Crippen molar-refractivity contribution in [1.29, 1.82) is 0 Å². The zero-order valence-electron chi connectivity index (χ0n) is 10.6. The molecular weight excluding hydrogens is 267 g/mol. The summed E-state index contributed by atoms with van der Waals surface area (Å²) in [7, 11) is 0. The zero-order chi connectivity index (χ0) is 14.4. The Hall–Kier alpha value is -2.31. The number of amides is 1. The van der Waals surface area contributed by atoms with Crippen molar-refractivity contribution in [1.82, 2.24) is 4.90 Å². The van der Waals surface area contributed by atoms with Crippen LogP contribution in [-0.4, -0.2) is 29.9 Å². The van der Waals surface area contributed by atoms with Crippen LogP contribution in [0.15, 0.2) is 35.4 Å². The molecule has 7 nitrogen and oxygen atoms in total. The molecule has 1 amide bonds. The third-order valence-corrected chi connectivity index (χ3v) is 2.84. The normalized spacial score (nSPS) is 21.4. The van der Waals surface area contributed by atoms with Crippen LogP contribution in [-0.2, 0) is 16.4 Å². The number of azide groups is 1. The highest BCUT2D eigenvalue weighted by molar-refractivity contribution is 5.67. The maximum Gasteiger partial charge on any atom is 0.441 e. The Kier molecular flexibility index (Phi) is 4.75. The number of hydrogen-bond acceptors (Lipinski definition) is 4. The smallest absolute Gasteiger partial charge is 0.294 e. The summed E-state index contributed by atoms with van der Waals surface area (Å²) >= 11 is 0.